The molecule has 2 aromatic heterocycles. The lowest BCUT2D eigenvalue weighted by Gasteiger charge is -2.38. The van der Waals surface area contributed by atoms with Crippen molar-refractivity contribution in [2.24, 2.45) is 5.73 Å². The van der Waals surface area contributed by atoms with Crippen LogP contribution in [-0.4, -0.2) is 38.7 Å². The lowest BCUT2D eigenvalue weighted by Crippen LogP contribution is -2.42. The standard InChI is InChI=1S/C12H18N6/c13-5-2-7-18(10-3-1-4-10)11-12-16-15-9-17(12)8-6-14-11/h6,8-10H,1-5,7,13H2. The Balaban J connectivity index is 1.94. The molecular formula is C12H18N6. The molecule has 1 fully saturated rings. The molecule has 0 radical (unpaired) electrons. The van der Waals surface area contributed by atoms with Crippen LogP contribution in [0.3, 0.4) is 0 Å². The fourth-order valence-electron chi connectivity index (χ4n) is 2.37. The summed E-state index contributed by atoms with van der Waals surface area (Å²) in [4.78, 5) is 6.84. The molecule has 2 aromatic rings. The first-order chi connectivity index (χ1) is 8.90. The van der Waals surface area contributed by atoms with E-state index in [1.54, 1.807) is 12.5 Å². The molecule has 6 heteroatoms. The molecule has 0 bridgehead atoms. The molecule has 18 heavy (non-hydrogen) atoms. The smallest absolute Gasteiger partial charge is 0.203 e. The maximum absolute atomic E-state index is 5.63. The summed E-state index contributed by atoms with van der Waals surface area (Å²) in [5.41, 5.74) is 6.46. The normalized spacial score (nSPS) is 15.8. The number of nitrogens with two attached hydrogens (primary N) is 1. The molecule has 0 amide bonds. The van der Waals surface area contributed by atoms with Crippen molar-refractivity contribution in [1.82, 2.24) is 19.6 Å². The van der Waals surface area contributed by atoms with Crippen LogP contribution in [-0.2, 0) is 0 Å². The van der Waals surface area contributed by atoms with Gasteiger partial charge in [-0.1, -0.05) is 0 Å². The Bertz CT molecular complexity index is 518. The Morgan fingerprint density at radius 3 is 3.06 bits per heavy atom. The Morgan fingerprint density at radius 2 is 2.33 bits per heavy atom. The van der Waals surface area contributed by atoms with Gasteiger partial charge in [0.15, 0.2) is 5.82 Å². The third-order valence-corrected chi connectivity index (χ3v) is 3.59. The zero-order chi connectivity index (χ0) is 12.4. The van der Waals surface area contributed by atoms with Crippen LogP contribution >= 0.6 is 0 Å². The van der Waals surface area contributed by atoms with Crippen LogP contribution < -0.4 is 10.6 Å². The Hall–Kier alpha value is -1.69. The molecule has 1 saturated carbocycles. The zero-order valence-electron chi connectivity index (χ0n) is 10.4. The van der Waals surface area contributed by atoms with Crippen molar-refractivity contribution in [2.45, 2.75) is 31.7 Å². The topological polar surface area (TPSA) is 72.3 Å². The van der Waals surface area contributed by atoms with E-state index in [4.69, 9.17) is 5.73 Å². The van der Waals surface area contributed by atoms with Gasteiger partial charge in [-0.25, -0.2) is 4.98 Å². The molecule has 1 aliphatic rings. The molecule has 0 saturated heterocycles. The molecule has 0 unspecified atom stereocenters. The monoisotopic (exact) mass is 246 g/mol. The summed E-state index contributed by atoms with van der Waals surface area (Å²) >= 11 is 0. The third kappa shape index (κ3) is 1.92. The van der Waals surface area contributed by atoms with Crippen molar-refractivity contribution >= 4 is 11.5 Å². The molecular weight excluding hydrogens is 228 g/mol. The number of fused-ring (bicyclic) bond motifs is 1. The molecule has 1 aliphatic carbocycles. The summed E-state index contributed by atoms with van der Waals surface area (Å²) in [6.07, 6.45) is 10.2. The van der Waals surface area contributed by atoms with Gasteiger partial charge in [0.05, 0.1) is 0 Å². The Kier molecular flexibility index (Phi) is 3.10. The SMILES string of the molecule is NCCCN(c1nccn2cnnc12)C1CCC1. The highest BCUT2D eigenvalue weighted by Crippen LogP contribution is 2.30. The van der Waals surface area contributed by atoms with E-state index in [1.807, 2.05) is 10.6 Å². The van der Waals surface area contributed by atoms with Crippen LogP contribution in [0.5, 0.6) is 0 Å². The molecule has 6 nitrogen and oxygen atoms in total. The van der Waals surface area contributed by atoms with Crippen molar-refractivity contribution in [3.63, 3.8) is 0 Å². The van der Waals surface area contributed by atoms with Gasteiger partial charge in [-0.05, 0) is 32.2 Å². The van der Waals surface area contributed by atoms with Crippen LogP contribution in [0, 0.1) is 0 Å². The van der Waals surface area contributed by atoms with Gasteiger partial charge in [-0.15, -0.1) is 10.2 Å². The minimum Gasteiger partial charge on any atom is -0.350 e. The highest BCUT2D eigenvalue weighted by atomic mass is 15.3. The van der Waals surface area contributed by atoms with E-state index in [0.29, 0.717) is 12.6 Å². The lowest BCUT2D eigenvalue weighted by atomic mass is 9.91. The van der Waals surface area contributed by atoms with Gasteiger partial charge < -0.3 is 10.6 Å². The van der Waals surface area contributed by atoms with Gasteiger partial charge in [0.1, 0.15) is 6.33 Å². The van der Waals surface area contributed by atoms with Crippen LogP contribution in [0.25, 0.3) is 5.65 Å². The van der Waals surface area contributed by atoms with Crippen molar-refractivity contribution in [1.29, 1.82) is 0 Å². The van der Waals surface area contributed by atoms with E-state index >= 15 is 0 Å². The van der Waals surface area contributed by atoms with Crippen LogP contribution in [0.15, 0.2) is 18.7 Å². The average Bonchev–Trinajstić information content (AvgIpc) is 2.80. The molecule has 0 spiro atoms. The van der Waals surface area contributed by atoms with Crippen molar-refractivity contribution < 1.29 is 0 Å². The molecule has 3 rings (SSSR count). The molecule has 96 valence electrons. The fourth-order valence-corrected chi connectivity index (χ4v) is 2.37. The number of anilines is 1. The molecule has 0 atom stereocenters. The van der Waals surface area contributed by atoms with Crippen LogP contribution in [0.2, 0.25) is 0 Å². The molecule has 2 N–H and O–H groups in total. The van der Waals surface area contributed by atoms with E-state index in [-0.39, 0.29) is 0 Å². The summed E-state index contributed by atoms with van der Waals surface area (Å²) in [6, 6.07) is 0.590. The van der Waals surface area contributed by atoms with Gasteiger partial charge in [0.2, 0.25) is 5.65 Å². The maximum Gasteiger partial charge on any atom is 0.203 e. The highest BCUT2D eigenvalue weighted by molar-refractivity contribution is 5.63. The third-order valence-electron chi connectivity index (χ3n) is 3.59. The minimum atomic E-state index is 0.590. The fraction of sp³-hybridized carbons (Fsp3) is 0.583. The number of aromatic nitrogens is 4. The van der Waals surface area contributed by atoms with Crippen LogP contribution in [0.4, 0.5) is 5.82 Å². The summed E-state index contributed by atoms with van der Waals surface area (Å²) < 4.78 is 1.91. The van der Waals surface area contributed by atoms with Crippen molar-refractivity contribution in [3.05, 3.63) is 18.7 Å². The first-order valence-corrected chi connectivity index (χ1v) is 6.51. The second kappa shape index (κ2) is 4.89. The van der Waals surface area contributed by atoms with Gasteiger partial charge in [-0.2, -0.15) is 0 Å². The summed E-state index contributed by atoms with van der Waals surface area (Å²) in [5.74, 6) is 0.938. The van der Waals surface area contributed by atoms with Crippen LogP contribution in [0.1, 0.15) is 25.7 Å². The van der Waals surface area contributed by atoms with E-state index in [9.17, 15) is 0 Å². The number of rotatable bonds is 5. The second-order valence-electron chi connectivity index (χ2n) is 4.73. The summed E-state index contributed by atoms with van der Waals surface area (Å²) in [7, 11) is 0. The molecule has 0 aromatic carbocycles. The van der Waals surface area contributed by atoms with Gasteiger partial charge in [0, 0.05) is 25.0 Å². The summed E-state index contributed by atoms with van der Waals surface area (Å²) in [5, 5.41) is 8.12. The van der Waals surface area contributed by atoms with E-state index in [1.165, 1.54) is 19.3 Å². The minimum absolute atomic E-state index is 0.590. The average molecular weight is 246 g/mol. The van der Waals surface area contributed by atoms with E-state index in [0.717, 1.165) is 24.4 Å². The number of nitrogens with zero attached hydrogens (tertiary/aromatic N) is 5. The highest BCUT2D eigenvalue weighted by Gasteiger charge is 2.27. The maximum atomic E-state index is 5.63. The lowest BCUT2D eigenvalue weighted by molar-refractivity contribution is 0.383. The predicted octanol–water partition coefficient (Wildman–Crippen LogP) is 0.832. The number of hydrogen-bond acceptors (Lipinski definition) is 5. The Morgan fingerprint density at radius 1 is 1.44 bits per heavy atom. The molecule has 2 heterocycles. The quantitative estimate of drug-likeness (QED) is 0.846. The largest absolute Gasteiger partial charge is 0.350 e. The van der Waals surface area contributed by atoms with Gasteiger partial charge in [0.25, 0.3) is 0 Å². The first-order valence-electron chi connectivity index (χ1n) is 6.51. The second-order valence-corrected chi connectivity index (χ2v) is 4.73. The Labute approximate surface area is 106 Å². The van der Waals surface area contributed by atoms with Crippen molar-refractivity contribution in [2.75, 3.05) is 18.0 Å². The first kappa shape index (κ1) is 11.4. The van der Waals surface area contributed by atoms with E-state index < -0.39 is 0 Å². The molecule has 0 aliphatic heterocycles. The van der Waals surface area contributed by atoms with Gasteiger partial charge >= 0.3 is 0 Å². The summed E-state index contributed by atoms with van der Waals surface area (Å²) in [6.45, 7) is 1.65. The van der Waals surface area contributed by atoms with Gasteiger partial charge in [-0.3, -0.25) is 4.40 Å². The number of hydrogen-bond donors (Lipinski definition) is 1. The van der Waals surface area contributed by atoms with E-state index in [2.05, 4.69) is 20.1 Å². The predicted molar refractivity (Wildman–Crippen MR) is 69.4 cm³/mol. The zero-order valence-corrected chi connectivity index (χ0v) is 10.4. The van der Waals surface area contributed by atoms with Crippen molar-refractivity contribution in [3.8, 4) is 0 Å².